The Balaban J connectivity index is 0.00000196. The molecular weight excluding hydrogens is 423 g/mol. The number of rotatable bonds is 4. The fourth-order valence-electron chi connectivity index (χ4n) is 4.00. The van der Waals surface area contributed by atoms with Crippen molar-refractivity contribution in [3.8, 4) is 0 Å². The number of amides is 1. The minimum absolute atomic E-state index is 0. The van der Waals surface area contributed by atoms with Gasteiger partial charge in [-0.3, -0.25) is 9.78 Å². The molecule has 28 heavy (non-hydrogen) atoms. The first kappa shape index (κ1) is 25.1. The molecule has 0 spiro atoms. The van der Waals surface area contributed by atoms with Crippen LogP contribution in [0.5, 0.6) is 0 Å². The van der Waals surface area contributed by atoms with Crippen molar-refractivity contribution in [2.24, 2.45) is 11.7 Å². The third-order valence-corrected chi connectivity index (χ3v) is 7.40. The van der Waals surface area contributed by atoms with Crippen LogP contribution in [-0.4, -0.2) is 60.2 Å². The first-order valence-electron chi connectivity index (χ1n) is 9.37. The Labute approximate surface area is 179 Å². The summed E-state index contributed by atoms with van der Waals surface area (Å²) in [5, 5.41) is 0. The van der Waals surface area contributed by atoms with Crippen molar-refractivity contribution in [1.82, 2.24) is 14.2 Å². The van der Waals surface area contributed by atoms with Crippen molar-refractivity contribution in [2.75, 3.05) is 19.6 Å². The average Bonchev–Trinajstić information content (AvgIpc) is 2.68. The third kappa shape index (κ3) is 5.36. The Hall–Kier alpha value is -0.930. The molecule has 2 unspecified atom stereocenters. The van der Waals surface area contributed by atoms with Crippen molar-refractivity contribution in [1.29, 1.82) is 0 Å². The standard InChI is InChI=1S/C18H28N4O3S.2ClH/c1-14(19)17-6-2-3-10-22(17)18(23)15-7-11-21(12-8-15)26(24,25)16-5-4-9-20-13-16;;/h4-5,9,13-15,17H,2-3,6-8,10-12,19H2,1H3;2*1H. The number of carbonyl (C=O) groups is 1. The van der Waals surface area contributed by atoms with Gasteiger partial charge in [0, 0.05) is 50.0 Å². The molecule has 10 heteroatoms. The van der Waals surface area contributed by atoms with Crippen molar-refractivity contribution in [3.63, 3.8) is 0 Å². The van der Waals surface area contributed by atoms with E-state index in [4.69, 9.17) is 5.73 Å². The highest BCUT2D eigenvalue weighted by Crippen LogP contribution is 2.28. The van der Waals surface area contributed by atoms with Crippen LogP contribution in [0.15, 0.2) is 29.4 Å². The fourth-order valence-corrected chi connectivity index (χ4v) is 5.44. The highest BCUT2D eigenvalue weighted by molar-refractivity contribution is 7.89. The van der Waals surface area contributed by atoms with Gasteiger partial charge in [0.1, 0.15) is 4.90 Å². The molecule has 3 rings (SSSR count). The zero-order valence-electron chi connectivity index (χ0n) is 16.1. The van der Waals surface area contributed by atoms with Gasteiger partial charge in [-0.2, -0.15) is 4.31 Å². The minimum atomic E-state index is -3.53. The zero-order valence-corrected chi connectivity index (χ0v) is 18.5. The summed E-state index contributed by atoms with van der Waals surface area (Å²) in [6, 6.07) is 3.24. The summed E-state index contributed by atoms with van der Waals surface area (Å²) in [5.74, 6) is 0.0279. The molecule has 2 N–H and O–H groups in total. The maximum Gasteiger partial charge on any atom is 0.244 e. The van der Waals surface area contributed by atoms with E-state index in [2.05, 4.69) is 4.98 Å². The molecule has 2 saturated heterocycles. The van der Waals surface area contributed by atoms with E-state index in [1.165, 1.54) is 10.5 Å². The van der Waals surface area contributed by atoms with Crippen LogP contribution in [0.4, 0.5) is 0 Å². The Morgan fingerprint density at radius 3 is 2.43 bits per heavy atom. The van der Waals surface area contributed by atoms with E-state index in [0.29, 0.717) is 25.9 Å². The number of pyridine rings is 1. The van der Waals surface area contributed by atoms with Crippen LogP contribution in [0.25, 0.3) is 0 Å². The van der Waals surface area contributed by atoms with Crippen molar-refractivity contribution < 1.29 is 13.2 Å². The molecule has 160 valence electrons. The zero-order chi connectivity index (χ0) is 18.7. The maximum absolute atomic E-state index is 13.0. The Kier molecular flexibility index (Phi) is 9.62. The Morgan fingerprint density at radius 1 is 1.18 bits per heavy atom. The normalized spacial score (nSPS) is 22.6. The molecule has 1 aromatic rings. The second-order valence-corrected chi connectivity index (χ2v) is 9.26. The summed E-state index contributed by atoms with van der Waals surface area (Å²) < 4.78 is 26.8. The van der Waals surface area contributed by atoms with Gasteiger partial charge in [-0.25, -0.2) is 8.42 Å². The highest BCUT2D eigenvalue weighted by atomic mass is 35.5. The maximum atomic E-state index is 13.0. The summed E-state index contributed by atoms with van der Waals surface area (Å²) in [6.07, 6.45) is 7.12. The topological polar surface area (TPSA) is 96.6 Å². The smallest absolute Gasteiger partial charge is 0.244 e. The quantitative estimate of drug-likeness (QED) is 0.753. The van der Waals surface area contributed by atoms with Crippen LogP contribution in [-0.2, 0) is 14.8 Å². The van der Waals surface area contributed by atoms with Crippen LogP contribution < -0.4 is 5.73 Å². The molecule has 2 aliphatic heterocycles. The predicted molar refractivity (Wildman–Crippen MR) is 113 cm³/mol. The average molecular weight is 453 g/mol. The third-order valence-electron chi connectivity index (χ3n) is 5.51. The lowest BCUT2D eigenvalue weighted by Gasteiger charge is -2.41. The molecule has 3 heterocycles. The van der Waals surface area contributed by atoms with E-state index in [-0.39, 0.29) is 53.6 Å². The van der Waals surface area contributed by atoms with Gasteiger partial charge in [0.05, 0.1) is 0 Å². The molecule has 0 radical (unpaired) electrons. The highest BCUT2D eigenvalue weighted by Gasteiger charge is 2.37. The number of sulfonamides is 1. The Morgan fingerprint density at radius 2 is 1.86 bits per heavy atom. The summed E-state index contributed by atoms with van der Waals surface area (Å²) in [6.45, 7) is 3.45. The van der Waals surface area contributed by atoms with Crippen LogP contribution in [0, 0.1) is 5.92 Å². The number of hydrogen-bond acceptors (Lipinski definition) is 5. The van der Waals surface area contributed by atoms with Crippen molar-refractivity contribution in [2.45, 2.75) is 56.0 Å². The molecule has 2 fully saturated rings. The summed E-state index contributed by atoms with van der Waals surface area (Å²) in [7, 11) is -3.53. The van der Waals surface area contributed by atoms with Gasteiger partial charge in [-0.1, -0.05) is 0 Å². The number of nitrogens with two attached hydrogens (primary N) is 1. The number of likely N-dealkylation sites (tertiary alicyclic amines) is 1. The SMILES string of the molecule is CC(N)C1CCCCN1C(=O)C1CCN(S(=O)(=O)c2cccnc2)CC1.Cl.Cl. The van der Waals surface area contributed by atoms with E-state index in [9.17, 15) is 13.2 Å². The van der Waals surface area contributed by atoms with E-state index in [0.717, 1.165) is 25.8 Å². The minimum Gasteiger partial charge on any atom is -0.338 e. The summed E-state index contributed by atoms with van der Waals surface area (Å²) in [5.41, 5.74) is 6.08. The lowest BCUT2D eigenvalue weighted by molar-refractivity contribution is -0.141. The van der Waals surface area contributed by atoms with E-state index in [1.807, 2.05) is 11.8 Å². The molecule has 0 saturated carbocycles. The van der Waals surface area contributed by atoms with Crippen LogP contribution in [0.2, 0.25) is 0 Å². The van der Waals surface area contributed by atoms with Gasteiger partial charge in [0.2, 0.25) is 15.9 Å². The van der Waals surface area contributed by atoms with Gasteiger partial charge in [-0.15, -0.1) is 24.8 Å². The molecular formula is C18H30Cl2N4O3S. The van der Waals surface area contributed by atoms with Gasteiger partial charge in [-0.05, 0) is 51.2 Å². The van der Waals surface area contributed by atoms with Gasteiger partial charge >= 0.3 is 0 Å². The van der Waals surface area contributed by atoms with Crippen LogP contribution in [0.1, 0.15) is 39.0 Å². The lowest BCUT2D eigenvalue weighted by Crippen LogP contribution is -2.54. The number of nitrogens with zero attached hydrogens (tertiary/aromatic N) is 3. The van der Waals surface area contributed by atoms with Crippen molar-refractivity contribution >= 4 is 40.7 Å². The van der Waals surface area contributed by atoms with Gasteiger partial charge in [0.25, 0.3) is 0 Å². The van der Waals surface area contributed by atoms with Crippen LogP contribution in [0.3, 0.4) is 0 Å². The first-order valence-corrected chi connectivity index (χ1v) is 10.8. The molecule has 0 aliphatic carbocycles. The van der Waals surface area contributed by atoms with E-state index >= 15 is 0 Å². The van der Waals surface area contributed by atoms with Gasteiger partial charge in [0.15, 0.2) is 0 Å². The number of piperidine rings is 2. The van der Waals surface area contributed by atoms with Gasteiger partial charge < -0.3 is 10.6 Å². The molecule has 7 nitrogen and oxygen atoms in total. The number of halogens is 2. The molecule has 1 aromatic heterocycles. The van der Waals surface area contributed by atoms with Crippen molar-refractivity contribution in [3.05, 3.63) is 24.5 Å². The monoisotopic (exact) mass is 452 g/mol. The number of carbonyl (C=O) groups excluding carboxylic acids is 1. The lowest BCUT2D eigenvalue weighted by atomic mass is 9.91. The first-order chi connectivity index (χ1) is 12.4. The molecule has 0 bridgehead atoms. The van der Waals surface area contributed by atoms with E-state index < -0.39 is 10.0 Å². The Bertz CT molecular complexity index is 726. The molecule has 2 aliphatic rings. The fraction of sp³-hybridized carbons (Fsp3) is 0.667. The van der Waals surface area contributed by atoms with E-state index in [1.54, 1.807) is 18.3 Å². The number of aromatic nitrogens is 1. The molecule has 0 aromatic carbocycles. The molecule has 2 atom stereocenters. The second-order valence-electron chi connectivity index (χ2n) is 7.32. The number of hydrogen-bond donors (Lipinski definition) is 1. The molecule has 1 amide bonds. The summed E-state index contributed by atoms with van der Waals surface area (Å²) in [4.78, 5) is 19.0. The predicted octanol–water partition coefficient (Wildman–Crippen LogP) is 2.05. The van der Waals surface area contributed by atoms with Crippen LogP contribution >= 0.6 is 24.8 Å². The summed E-state index contributed by atoms with van der Waals surface area (Å²) >= 11 is 0. The largest absolute Gasteiger partial charge is 0.338 e. The second kappa shape index (κ2) is 10.7.